The summed E-state index contributed by atoms with van der Waals surface area (Å²) < 4.78 is 7.67. The van der Waals surface area contributed by atoms with Crippen molar-refractivity contribution >= 4 is 12.2 Å². The van der Waals surface area contributed by atoms with E-state index in [0.29, 0.717) is 0 Å². The van der Waals surface area contributed by atoms with Crippen molar-refractivity contribution in [2.75, 3.05) is 26.2 Å². The van der Waals surface area contributed by atoms with Crippen molar-refractivity contribution in [1.29, 1.82) is 0 Å². The van der Waals surface area contributed by atoms with Crippen LogP contribution >= 0.6 is 12.2 Å². The number of nitrogens with one attached hydrogen (secondary N) is 2. The highest BCUT2D eigenvalue weighted by Gasteiger charge is 1.94. The molecule has 0 unspecified atom stereocenters. The summed E-state index contributed by atoms with van der Waals surface area (Å²) in [6.07, 6.45) is 0. The van der Waals surface area contributed by atoms with Crippen LogP contribution in [0.5, 0.6) is 0 Å². The standard InChI is InChI=1S/C4H11N.C2H5NOS/c1-3-5-4-2;1-2-4-5-3-1/h5H,3-4H2,1-2H3;3H,1-2H2. The van der Waals surface area contributed by atoms with Crippen LogP contribution < -0.4 is 10.0 Å². The molecular formula is C6H16N2OS. The Morgan fingerprint density at radius 3 is 2.30 bits per heavy atom. The number of hydrogen-bond donors (Lipinski definition) is 2. The molecule has 1 saturated heterocycles. The Hall–Kier alpha value is 0.230. The van der Waals surface area contributed by atoms with E-state index in [4.69, 9.17) is 4.18 Å². The van der Waals surface area contributed by atoms with E-state index < -0.39 is 0 Å². The molecular weight excluding hydrogens is 148 g/mol. The molecule has 2 N–H and O–H groups in total. The van der Waals surface area contributed by atoms with Gasteiger partial charge in [-0.2, -0.15) is 0 Å². The Bertz CT molecular complexity index is 50.1. The molecule has 0 radical (unpaired) electrons. The van der Waals surface area contributed by atoms with Crippen LogP contribution in [-0.2, 0) is 4.18 Å². The summed E-state index contributed by atoms with van der Waals surface area (Å²) in [5.74, 6) is 0. The summed E-state index contributed by atoms with van der Waals surface area (Å²) >= 11 is 1.32. The Labute approximate surface area is 67.2 Å². The zero-order valence-corrected chi connectivity index (χ0v) is 7.46. The maximum Gasteiger partial charge on any atom is 0.0790 e. The fraction of sp³-hybridized carbons (Fsp3) is 1.00. The zero-order valence-electron chi connectivity index (χ0n) is 6.64. The van der Waals surface area contributed by atoms with E-state index in [1.807, 2.05) is 0 Å². The van der Waals surface area contributed by atoms with Gasteiger partial charge >= 0.3 is 0 Å². The van der Waals surface area contributed by atoms with Crippen LogP contribution in [0, 0.1) is 0 Å². The molecule has 0 saturated carbocycles. The Morgan fingerprint density at radius 2 is 2.20 bits per heavy atom. The molecule has 62 valence electrons. The molecule has 0 atom stereocenters. The Balaban J connectivity index is 0.000000162. The molecule has 1 aliphatic heterocycles. The summed E-state index contributed by atoms with van der Waals surface area (Å²) in [5, 5.41) is 3.11. The molecule has 1 rings (SSSR count). The summed E-state index contributed by atoms with van der Waals surface area (Å²) in [6.45, 7) is 8.23. The van der Waals surface area contributed by atoms with Gasteiger partial charge in [-0.25, -0.2) is 4.72 Å². The molecule has 0 aromatic rings. The number of hydrogen-bond acceptors (Lipinski definition) is 4. The lowest BCUT2D eigenvalue weighted by atomic mass is 10.7. The van der Waals surface area contributed by atoms with E-state index >= 15 is 0 Å². The van der Waals surface area contributed by atoms with Crippen molar-refractivity contribution in [3.63, 3.8) is 0 Å². The Morgan fingerprint density at radius 1 is 1.50 bits per heavy atom. The van der Waals surface area contributed by atoms with Crippen LogP contribution in [0.15, 0.2) is 0 Å². The van der Waals surface area contributed by atoms with Crippen molar-refractivity contribution < 1.29 is 4.18 Å². The van der Waals surface area contributed by atoms with Crippen LogP contribution in [0.25, 0.3) is 0 Å². The second kappa shape index (κ2) is 9.23. The first-order valence-corrected chi connectivity index (χ1v) is 4.38. The van der Waals surface area contributed by atoms with Gasteiger partial charge in [0.2, 0.25) is 0 Å². The lowest BCUT2D eigenvalue weighted by Gasteiger charge is -1.86. The van der Waals surface area contributed by atoms with Crippen molar-refractivity contribution in [3.8, 4) is 0 Å². The van der Waals surface area contributed by atoms with Gasteiger partial charge in [0.05, 0.1) is 18.8 Å². The van der Waals surface area contributed by atoms with Crippen molar-refractivity contribution in [2.24, 2.45) is 0 Å². The van der Waals surface area contributed by atoms with E-state index in [2.05, 4.69) is 23.9 Å². The third-order valence-electron chi connectivity index (χ3n) is 0.905. The molecule has 1 aliphatic rings. The average molecular weight is 164 g/mol. The maximum atomic E-state index is 4.75. The molecule has 4 heteroatoms. The normalized spacial score (nSPS) is 16.2. The second-order valence-electron chi connectivity index (χ2n) is 1.76. The van der Waals surface area contributed by atoms with Gasteiger partial charge in [0.25, 0.3) is 0 Å². The molecule has 0 spiro atoms. The molecule has 3 nitrogen and oxygen atoms in total. The monoisotopic (exact) mass is 164 g/mol. The van der Waals surface area contributed by atoms with Crippen LogP contribution in [-0.4, -0.2) is 26.2 Å². The fourth-order valence-corrected chi connectivity index (χ4v) is 0.875. The van der Waals surface area contributed by atoms with E-state index in [9.17, 15) is 0 Å². The van der Waals surface area contributed by atoms with Gasteiger partial charge in [0.1, 0.15) is 0 Å². The highest BCUT2D eigenvalue weighted by molar-refractivity contribution is 7.92. The van der Waals surface area contributed by atoms with Crippen LogP contribution in [0.1, 0.15) is 13.8 Å². The van der Waals surface area contributed by atoms with E-state index in [-0.39, 0.29) is 0 Å². The molecule has 1 heterocycles. The highest BCUT2D eigenvalue weighted by atomic mass is 32.2. The van der Waals surface area contributed by atoms with Gasteiger partial charge in [-0.1, -0.05) is 13.8 Å². The van der Waals surface area contributed by atoms with E-state index in [1.165, 1.54) is 12.2 Å². The summed E-state index contributed by atoms with van der Waals surface area (Å²) in [7, 11) is 0. The summed E-state index contributed by atoms with van der Waals surface area (Å²) in [6, 6.07) is 0. The minimum absolute atomic E-state index is 0.852. The minimum atomic E-state index is 0.852. The van der Waals surface area contributed by atoms with Crippen LogP contribution in [0.4, 0.5) is 0 Å². The molecule has 10 heavy (non-hydrogen) atoms. The molecule has 0 aromatic carbocycles. The lowest BCUT2D eigenvalue weighted by molar-refractivity contribution is 0.416. The van der Waals surface area contributed by atoms with E-state index in [0.717, 1.165) is 26.2 Å². The molecule has 0 aromatic heterocycles. The zero-order chi connectivity index (χ0) is 7.66. The van der Waals surface area contributed by atoms with Crippen molar-refractivity contribution in [1.82, 2.24) is 10.0 Å². The van der Waals surface area contributed by atoms with Crippen molar-refractivity contribution in [2.45, 2.75) is 13.8 Å². The smallest absolute Gasteiger partial charge is 0.0790 e. The van der Waals surface area contributed by atoms with Gasteiger partial charge in [-0.05, 0) is 13.1 Å². The lowest BCUT2D eigenvalue weighted by Crippen LogP contribution is -2.09. The van der Waals surface area contributed by atoms with Crippen LogP contribution in [0.2, 0.25) is 0 Å². The third kappa shape index (κ3) is 8.23. The SMILES string of the molecule is C1COSN1.CCNCC. The topological polar surface area (TPSA) is 33.3 Å². The van der Waals surface area contributed by atoms with Gasteiger partial charge in [0, 0.05) is 6.54 Å². The number of rotatable bonds is 2. The fourth-order valence-electron chi connectivity index (χ4n) is 0.458. The Kier molecular flexibility index (Phi) is 9.44. The quantitative estimate of drug-likeness (QED) is 0.467. The van der Waals surface area contributed by atoms with Gasteiger partial charge in [-0.3, -0.25) is 4.18 Å². The predicted molar refractivity (Wildman–Crippen MR) is 45.8 cm³/mol. The van der Waals surface area contributed by atoms with Gasteiger partial charge in [-0.15, -0.1) is 0 Å². The molecule has 0 bridgehead atoms. The second-order valence-corrected chi connectivity index (χ2v) is 2.45. The minimum Gasteiger partial charge on any atom is -0.317 e. The average Bonchev–Trinajstić information content (AvgIpc) is 2.44. The maximum absolute atomic E-state index is 4.75. The third-order valence-corrected chi connectivity index (χ3v) is 1.51. The van der Waals surface area contributed by atoms with E-state index in [1.54, 1.807) is 0 Å². The van der Waals surface area contributed by atoms with Gasteiger partial charge < -0.3 is 5.32 Å². The molecule has 0 aliphatic carbocycles. The first-order valence-electron chi connectivity index (χ1n) is 3.63. The van der Waals surface area contributed by atoms with Crippen molar-refractivity contribution in [3.05, 3.63) is 0 Å². The molecule has 1 fully saturated rings. The summed E-state index contributed by atoms with van der Waals surface area (Å²) in [5.41, 5.74) is 0. The first-order chi connectivity index (χ1) is 4.91. The predicted octanol–water partition coefficient (Wildman–Crippen LogP) is 0.785. The highest BCUT2D eigenvalue weighted by Crippen LogP contribution is 1.99. The van der Waals surface area contributed by atoms with Crippen LogP contribution in [0.3, 0.4) is 0 Å². The van der Waals surface area contributed by atoms with Gasteiger partial charge in [0.15, 0.2) is 0 Å². The largest absolute Gasteiger partial charge is 0.317 e. The first kappa shape index (κ1) is 10.2. The summed E-state index contributed by atoms with van der Waals surface area (Å²) in [4.78, 5) is 0. The molecule has 0 amide bonds.